The fourth-order valence-electron chi connectivity index (χ4n) is 2.57. The molecule has 24 heavy (non-hydrogen) atoms. The summed E-state index contributed by atoms with van der Waals surface area (Å²) in [6.07, 6.45) is 1.07. The Hall–Kier alpha value is -2.88. The number of para-hydroxylation sites is 1. The van der Waals surface area contributed by atoms with Gasteiger partial charge in [-0.15, -0.1) is 0 Å². The quantitative estimate of drug-likeness (QED) is 0.645. The smallest absolute Gasteiger partial charge is 0.419 e. The minimum absolute atomic E-state index is 0.117. The Morgan fingerprint density at radius 1 is 0.917 bits per heavy atom. The van der Waals surface area contributed by atoms with Gasteiger partial charge in [0.15, 0.2) is 5.78 Å². The zero-order valence-electron chi connectivity index (χ0n) is 13.9. The lowest BCUT2D eigenvalue weighted by Gasteiger charge is -2.19. The van der Waals surface area contributed by atoms with Gasteiger partial charge < -0.3 is 4.74 Å². The van der Waals surface area contributed by atoms with Crippen molar-refractivity contribution in [1.82, 2.24) is 4.57 Å². The first kappa shape index (κ1) is 16.0. The van der Waals surface area contributed by atoms with Crippen LogP contribution in [0.1, 0.15) is 36.7 Å². The molecule has 0 unspecified atom stereocenters. The molecule has 0 N–H and O–H groups in total. The van der Waals surface area contributed by atoms with Gasteiger partial charge >= 0.3 is 6.09 Å². The van der Waals surface area contributed by atoms with Crippen LogP contribution in [0.2, 0.25) is 0 Å². The summed E-state index contributed by atoms with van der Waals surface area (Å²) < 4.78 is 6.84. The van der Waals surface area contributed by atoms with Crippen LogP contribution >= 0.6 is 0 Å². The molecule has 1 aromatic heterocycles. The third-order valence-electron chi connectivity index (χ3n) is 3.58. The zero-order chi connectivity index (χ0) is 17.3. The van der Waals surface area contributed by atoms with Crippen molar-refractivity contribution in [1.29, 1.82) is 0 Å². The molecule has 122 valence electrons. The first-order chi connectivity index (χ1) is 11.4. The number of hydrogen-bond donors (Lipinski definition) is 0. The Bertz CT molecular complexity index is 902. The molecule has 3 aromatic rings. The number of benzene rings is 2. The third kappa shape index (κ3) is 3.08. The lowest BCUT2D eigenvalue weighted by molar-refractivity contribution is 0.0544. The standard InChI is InChI=1S/C20H19NO3/c1-20(2,3)24-19(23)21-13-16(15-11-7-8-12-17(15)21)18(22)14-9-5-4-6-10-14/h4-13H,1-3H3. The number of ether oxygens (including phenoxy) is 1. The van der Waals surface area contributed by atoms with Crippen molar-refractivity contribution in [3.63, 3.8) is 0 Å². The molecule has 0 spiro atoms. The highest BCUT2D eigenvalue weighted by molar-refractivity contribution is 6.17. The van der Waals surface area contributed by atoms with Gasteiger partial charge in [0, 0.05) is 22.7 Å². The van der Waals surface area contributed by atoms with Gasteiger partial charge in [0.2, 0.25) is 0 Å². The third-order valence-corrected chi connectivity index (χ3v) is 3.58. The molecule has 4 nitrogen and oxygen atoms in total. The average Bonchev–Trinajstić information content (AvgIpc) is 2.93. The number of nitrogens with zero attached hydrogens (tertiary/aromatic N) is 1. The van der Waals surface area contributed by atoms with Gasteiger partial charge in [0.05, 0.1) is 5.52 Å². The van der Waals surface area contributed by atoms with E-state index in [0.29, 0.717) is 16.6 Å². The summed E-state index contributed by atoms with van der Waals surface area (Å²) in [6.45, 7) is 5.44. The first-order valence-electron chi connectivity index (χ1n) is 7.80. The fourth-order valence-corrected chi connectivity index (χ4v) is 2.57. The summed E-state index contributed by atoms with van der Waals surface area (Å²) >= 11 is 0. The lowest BCUT2D eigenvalue weighted by Crippen LogP contribution is -2.26. The minimum atomic E-state index is -0.605. The molecule has 0 amide bonds. The van der Waals surface area contributed by atoms with Crippen molar-refractivity contribution in [2.45, 2.75) is 26.4 Å². The van der Waals surface area contributed by atoms with Gasteiger partial charge in [0.1, 0.15) is 5.60 Å². The number of ketones is 1. The molecule has 0 saturated carbocycles. The van der Waals surface area contributed by atoms with Crippen LogP contribution in [0.4, 0.5) is 4.79 Å². The molecule has 0 bridgehead atoms. The van der Waals surface area contributed by atoms with Crippen molar-refractivity contribution in [2.24, 2.45) is 0 Å². The highest BCUT2D eigenvalue weighted by Crippen LogP contribution is 2.25. The topological polar surface area (TPSA) is 48.3 Å². The van der Waals surface area contributed by atoms with Crippen LogP contribution in [0.15, 0.2) is 60.8 Å². The van der Waals surface area contributed by atoms with E-state index in [1.165, 1.54) is 4.57 Å². The van der Waals surface area contributed by atoms with Crippen molar-refractivity contribution in [3.8, 4) is 0 Å². The Morgan fingerprint density at radius 2 is 1.54 bits per heavy atom. The maximum Gasteiger partial charge on any atom is 0.419 e. The molecular formula is C20H19NO3. The van der Waals surface area contributed by atoms with Gasteiger partial charge in [-0.25, -0.2) is 4.79 Å². The molecular weight excluding hydrogens is 302 g/mol. The van der Waals surface area contributed by atoms with E-state index in [0.717, 1.165) is 5.39 Å². The lowest BCUT2D eigenvalue weighted by atomic mass is 10.0. The van der Waals surface area contributed by atoms with Gasteiger partial charge in [-0.2, -0.15) is 0 Å². The summed E-state index contributed by atoms with van der Waals surface area (Å²) in [6, 6.07) is 16.4. The van der Waals surface area contributed by atoms with Gasteiger partial charge in [-0.1, -0.05) is 48.5 Å². The molecule has 0 saturated heterocycles. The van der Waals surface area contributed by atoms with Gasteiger partial charge in [-0.3, -0.25) is 9.36 Å². The number of aromatic nitrogens is 1. The van der Waals surface area contributed by atoms with Crippen molar-refractivity contribution >= 4 is 22.8 Å². The first-order valence-corrected chi connectivity index (χ1v) is 7.80. The molecule has 4 heteroatoms. The van der Waals surface area contributed by atoms with Crippen LogP contribution in [-0.4, -0.2) is 22.0 Å². The summed E-state index contributed by atoms with van der Waals surface area (Å²) in [5.41, 5.74) is 1.13. The Morgan fingerprint density at radius 3 is 2.21 bits per heavy atom. The monoisotopic (exact) mass is 321 g/mol. The van der Waals surface area contributed by atoms with E-state index in [1.807, 2.05) is 57.2 Å². The summed E-state index contributed by atoms with van der Waals surface area (Å²) in [5.74, 6) is -0.117. The highest BCUT2D eigenvalue weighted by Gasteiger charge is 2.23. The van der Waals surface area contributed by atoms with Crippen LogP contribution in [0.3, 0.4) is 0 Å². The van der Waals surface area contributed by atoms with Crippen LogP contribution < -0.4 is 0 Å². The van der Waals surface area contributed by atoms with Crippen molar-refractivity contribution in [3.05, 3.63) is 71.9 Å². The number of hydrogen-bond acceptors (Lipinski definition) is 3. The summed E-state index contributed by atoms with van der Waals surface area (Å²) in [4.78, 5) is 25.3. The average molecular weight is 321 g/mol. The van der Waals surface area contributed by atoms with E-state index in [4.69, 9.17) is 4.74 Å². The molecule has 0 radical (unpaired) electrons. The summed E-state index contributed by atoms with van der Waals surface area (Å²) in [7, 11) is 0. The second-order valence-electron chi connectivity index (χ2n) is 6.61. The second kappa shape index (κ2) is 5.96. The largest absolute Gasteiger partial charge is 0.443 e. The van der Waals surface area contributed by atoms with Crippen molar-refractivity contribution in [2.75, 3.05) is 0 Å². The Labute approximate surface area is 140 Å². The summed E-state index contributed by atoms with van der Waals surface area (Å²) in [5, 5.41) is 0.734. The molecule has 2 aromatic carbocycles. The molecule has 3 rings (SSSR count). The van der Waals surface area contributed by atoms with Crippen LogP contribution in [0.5, 0.6) is 0 Å². The van der Waals surface area contributed by atoms with Crippen molar-refractivity contribution < 1.29 is 14.3 Å². The van der Waals surface area contributed by atoms with E-state index in [2.05, 4.69) is 0 Å². The molecule has 0 atom stereocenters. The van der Waals surface area contributed by atoms with Gasteiger partial charge in [0.25, 0.3) is 0 Å². The Kier molecular flexibility index (Phi) is 3.97. The van der Waals surface area contributed by atoms with E-state index in [-0.39, 0.29) is 5.78 Å². The number of fused-ring (bicyclic) bond motifs is 1. The fraction of sp³-hybridized carbons (Fsp3) is 0.200. The normalized spacial score (nSPS) is 11.5. The van der Waals surface area contributed by atoms with E-state index >= 15 is 0 Å². The zero-order valence-corrected chi connectivity index (χ0v) is 13.9. The van der Waals surface area contributed by atoms with Gasteiger partial charge in [-0.05, 0) is 26.8 Å². The molecule has 0 aliphatic heterocycles. The maximum atomic E-state index is 12.8. The highest BCUT2D eigenvalue weighted by atomic mass is 16.6. The molecule has 0 aliphatic rings. The SMILES string of the molecule is CC(C)(C)OC(=O)n1cc(C(=O)c2ccccc2)c2ccccc21. The van der Waals surface area contributed by atoms with E-state index < -0.39 is 11.7 Å². The second-order valence-corrected chi connectivity index (χ2v) is 6.61. The minimum Gasteiger partial charge on any atom is -0.443 e. The number of carbonyl (C=O) groups excluding carboxylic acids is 2. The molecule has 0 fully saturated rings. The molecule has 1 heterocycles. The van der Waals surface area contributed by atoms with Crippen LogP contribution in [0.25, 0.3) is 10.9 Å². The number of carbonyl (C=O) groups is 2. The predicted molar refractivity (Wildman–Crippen MR) is 93.4 cm³/mol. The van der Waals surface area contributed by atoms with Crippen LogP contribution in [-0.2, 0) is 4.74 Å². The van der Waals surface area contributed by atoms with E-state index in [9.17, 15) is 9.59 Å². The molecule has 0 aliphatic carbocycles. The number of rotatable bonds is 2. The van der Waals surface area contributed by atoms with E-state index in [1.54, 1.807) is 24.4 Å². The predicted octanol–water partition coefficient (Wildman–Crippen LogP) is 4.66. The van der Waals surface area contributed by atoms with Crippen LogP contribution in [0, 0.1) is 0 Å². The Balaban J connectivity index is 2.11. The maximum absolute atomic E-state index is 12.8.